The minimum atomic E-state index is -1.13. The summed E-state index contributed by atoms with van der Waals surface area (Å²) in [5.74, 6) is 0. The zero-order valence-corrected chi connectivity index (χ0v) is 13.2. The molecule has 0 atom stereocenters. The summed E-state index contributed by atoms with van der Waals surface area (Å²) in [5, 5.41) is 0.676. The summed E-state index contributed by atoms with van der Waals surface area (Å²) in [7, 11) is -2.25. The summed E-state index contributed by atoms with van der Waals surface area (Å²) in [5.41, 5.74) is 1.33. The van der Waals surface area contributed by atoms with Crippen LogP contribution in [-0.4, -0.2) is 27.1 Å². The fourth-order valence-electron chi connectivity index (χ4n) is 2.00. The van der Waals surface area contributed by atoms with Crippen LogP contribution in [0.5, 0.6) is 0 Å². The quantitative estimate of drug-likeness (QED) is 0.511. The van der Waals surface area contributed by atoms with E-state index in [2.05, 4.69) is 53.1 Å². The number of hydrogen-bond donors (Lipinski definition) is 0. The van der Waals surface area contributed by atoms with E-state index in [1.807, 2.05) is 0 Å². The lowest BCUT2D eigenvalue weighted by Gasteiger charge is -2.35. The Labute approximate surface area is 92.0 Å². The van der Waals surface area contributed by atoms with Crippen molar-refractivity contribution in [3.8, 4) is 0 Å². The molecule has 0 aromatic carbocycles. The summed E-state index contributed by atoms with van der Waals surface area (Å²) in [4.78, 5) is 4.98. The van der Waals surface area contributed by atoms with Crippen molar-refractivity contribution in [1.29, 1.82) is 0 Å². The number of rotatable bonds is 4. The maximum atomic E-state index is 4.98. The molecule has 1 nitrogen and oxygen atoms in total. The third-order valence-electron chi connectivity index (χ3n) is 2.50. The molecular weight excluding hydrogens is 202 g/mol. The zero-order valence-electron chi connectivity index (χ0n) is 11.2. The van der Waals surface area contributed by atoms with Gasteiger partial charge in [0.2, 0.25) is 0 Å². The van der Waals surface area contributed by atoms with Crippen molar-refractivity contribution >= 4 is 21.9 Å². The van der Waals surface area contributed by atoms with Crippen LogP contribution >= 0.6 is 0 Å². The smallest absolute Gasteiger partial charge is 0.0693 e. The Morgan fingerprint density at radius 3 is 1.57 bits per heavy atom. The molecule has 84 valence electrons. The first-order valence-electron chi connectivity index (χ1n) is 5.62. The molecule has 0 saturated carbocycles. The minimum Gasteiger partial charge on any atom is -0.298 e. The van der Waals surface area contributed by atoms with Crippen molar-refractivity contribution in [2.45, 2.75) is 64.8 Å². The molecule has 0 aliphatic rings. The Balaban J connectivity index is 4.95. The van der Waals surface area contributed by atoms with Crippen molar-refractivity contribution < 1.29 is 0 Å². The van der Waals surface area contributed by atoms with E-state index in [9.17, 15) is 0 Å². The Morgan fingerprint density at radius 2 is 1.36 bits per heavy atom. The molecule has 0 fully saturated rings. The van der Waals surface area contributed by atoms with Crippen molar-refractivity contribution in [3.63, 3.8) is 0 Å². The van der Waals surface area contributed by atoms with E-state index in [0.29, 0.717) is 5.29 Å². The fraction of sp³-hybridized carbons (Fsp3) is 0.909. The lowest BCUT2D eigenvalue weighted by atomic mass is 10.3. The highest BCUT2D eigenvalue weighted by atomic mass is 28.4. The van der Waals surface area contributed by atoms with E-state index in [1.54, 1.807) is 0 Å². The third-order valence-corrected chi connectivity index (χ3v) is 11.2. The fourth-order valence-corrected chi connectivity index (χ4v) is 13.6. The number of aliphatic imine (C=N–C) groups is 1. The maximum absolute atomic E-state index is 4.98. The van der Waals surface area contributed by atoms with Gasteiger partial charge in [-0.2, -0.15) is 0 Å². The molecule has 14 heavy (non-hydrogen) atoms. The first-order chi connectivity index (χ1) is 6.09. The van der Waals surface area contributed by atoms with Crippen LogP contribution < -0.4 is 0 Å². The van der Waals surface area contributed by atoms with Crippen LogP contribution in [0.15, 0.2) is 4.99 Å². The van der Waals surface area contributed by atoms with Gasteiger partial charge in [0, 0.05) is 11.0 Å². The molecular formula is C11H27NSi2. The van der Waals surface area contributed by atoms with Gasteiger partial charge in [0.05, 0.1) is 16.1 Å². The lowest BCUT2D eigenvalue weighted by molar-refractivity contribution is 1.08. The van der Waals surface area contributed by atoms with Gasteiger partial charge in [0.1, 0.15) is 0 Å². The van der Waals surface area contributed by atoms with Gasteiger partial charge in [0.25, 0.3) is 0 Å². The predicted molar refractivity (Wildman–Crippen MR) is 73.9 cm³/mol. The number of hydrogen-bond acceptors (Lipinski definition) is 1. The molecule has 0 aliphatic carbocycles. The first kappa shape index (κ1) is 14.1. The first-order valence-corrected chi connectivity index (χ1v) is 12.8. The lowest BCUT2D eigenvalue weighted by Crippen LogP contribution is -2.53. The summed E-state index contributed by atoms with van der Waals surface area (Å²) in [6, 6.07) is 0. The second-order valence-electron chi connectivity index (χ2n) is 6.35. The highest BCUT2D eigenvalue weighted by molar-refractivity contribution is 6.96. The zero-order chi connectivity index (χ0) is 11.6. The second-order valence-corrected chi connectivity index (χ2v) is 17.5. The van der Waals surface area contributed by atoms with E-state index in [-0.39, 0.29) is 0 Å². The molecule has 0 unspecified atom stereocenters. The molecule has 0 saturated heterocycles. The van der Waals surface area contributed by atoms with Gasteiger partial charge >= 0.3 is 0 Å². The molecule has 3 heteroatoms. The van der Waals surface area contributed by atoms with Crippen LogP contribution in [0.3, 0.4) is 0 Å². The Bertz CT molecular complexity index is 194. The molecule has 0 aromatic rings. The normalized spacial score (nSPS) is 15.1. The standard InChI is InChI=1S/C11H27NSi2/c1-9-10(2)12-11(13(3,4)5)14(6,7)8/h11H,9H2,1-8H3/b12-10+. The van der Waals surface area contributed by atoms with Crippen LogP contribution in [0.4, 0.5) is 0 Å². The summed E-state index contributed by atoms with van der Waals surface area (Å²) < 4.78 is 0. The molecule has 0 spiro atoms. The summed E-state index contributed by atoms with van der Waals surface area (Å²) in [6.07, 6.45) is 1.10. The molecule has 0 amide bonds. The molecule has 0 aliphatic heterocycles. The maximum Gasteiger partial charge on any atom is 0.0693 e. The minimum absolute atomic E-state index is 0.676. The van der Waals surface area contributed by atoms with Crippen LogP contribution in [0.25, 0.3) is 0 Å². The Morgan fingerprint density at radius 1 is 1.00 bits per heavy atom. The molecule has 0 N–H and O–H groups in total. The summed E-state index contributed by atoms with van der Waals surface area (Å²) >= 11 is 0. The topological polar surface area (TPSA) is 12.4 Å². The monoisotopic (exact) mass is 229 g/mol. The SMILES string of the molecule is CC/C(C)=N/C([Si](C)(C)C)[Si](C)(C)C. The Kier molecular flexibility index (Phi) is 4.79. The third kappa shape index (κ3) is 4.55. The van der Waals surface area contributed by atoms with E-state index in [1.165, 1.54) is 5.71 Å². The molecule has 0 bridgehead atoms. The average molecular weight is 230 g/mol. The predicted octanol–water partition coefficient (Wildman–Crippen LogP) is 3.98. The van der Waals surface area contributed by atoms with Crippen LogP contribution in [-0.2, 0) is 0 Å². The largest absolute Gasteiger partial charge is 0.298 e. The van der Waals surface area contributed by atoms with Crippen LogP contribution in [0.1, 0.15) is 20.3 Å². The van der Waals surface area contributed by atoms with E-state index in [4.69, 9.17) is 4.99 Å². The average Bonchev–Trinajstić information content (AvgIpc) is 1.95. The van der Waals surface area contributed by atoms with Crippen LogP contribution in [0.2, 0.25) is 39.3 Å². The molecule has 0 radical (unpaired) electrons. The van der Waals surface area contributed by atoms with Gasteiger partial charge in [-0.15, -0.1) is 0 Å². The second kappa shape index (κ2) is 4.75. The van der Waals surface area contributed by atoms with Gasteiger partial charge in [-0.3, -0.25) is 4.99 Å². The van der Waals surface area contributed by atoms with E-state index in [0.717, 1.165) is 6.42 Å². The van der Waals surface area contributed by atoms with E-state index < -0.39 is 16.1 Å². The van der Waals surface area contributed by atoms with Gasteiger partial charge in [-0.1, -0.05) is 46.2 Å². The van der Waals surface area contributed by atoms with Crippen molar-refractivity contribution in [3.05, 3.63) is 0 Å². The molecule has 0 heterocycles. The summed E-state index contributed by atoms with van der Waals surface area (Å²) in [6.45, 7) is 19.1. The highest BCUT2D eigenvalue weighted by Crippen LogP contribution is 2.22. The number of nitrogens with zero attached hydrogens (tertiary/aromatic N) is 1. The van der Waals surface area contributed by atoms with Crippen molar-refractivity contribution in [2.24, 2.45) is 4.99 Å². The Hall–Kier alpha value is 0.104. The highest BCUT2D eigenvalue weighted by Gasteiger charge is 2.37. The van der Waals surface area contributed by atoms with Gasteiger partial charge in [-0.25, -0.2) is 0 Å². The molecule has 0 aromatic heterocycles. The van der Waals surface area contributed by atoms with Crippen molar-refractivity contribution in [2.75, 3.05) is 0 Å². The molecule has 0 rings (SSSR count). The van der Waals surface area contributed by atoms with E-state index >= 15 is 0 Å². The van der Waals surface area contributed by atoms with Gasteiger partial charge in [0.15, 0.2) is 0 Å². The van der Waals surface area contributed by atoms with Gasteiger partial charge < -0.3 is 0 Å². The van der Waals surface area contributed by atoms with Gasteiger partial charge in [-0.05, 0) is 13.3 Å². The van der Waals surface area contributed by atoms with Crippen LogP contribution in [0, 0.1) is 0 Å². The van der Waals surface area contributed by atoms with Crippen molar-refractivity contribution in [1.82, 2.24) is 0 Å².